The number of nitrogens with zero attached hydrogens (tertiary/aromatic N) is 1. The maximum absolute atomic E-state index is 12.1. The van der Waals surface area contributed by atoms with Crippen molar-refractivity contribution in [3.05, 3.63) is 28.7 Å². The maximum atomic E-state index is 12.1. The summed E-state index contributed by atoms with van der Waals surface area (Å²) in [7, 11) is 0.365. The zero-order valence-electron chi connectivity index (χ0n) is 11.1. The van der Waals surface area contributed by atoms with Crippen LogP contribution in [0.5, 0.6) is 0 Å². The van der Waals surface area contributed by atoms with Gasteiger partial charge in [-0.25, -0.2) is 13.1 Å². The Morgan fingerprint density at radius 3 is 2.47 bits per heavy atom. The molecule has 0 radical (unpaired) electrons. The van der Waals surface area contributed by atoms with Crippen LogP contribution >= 0.6 is 0 Å². The molecule has 0 aliphatic heterocycles. The third kappa shape index (κ3) is 2.88. The fourth-order valence-corrected chi connectivity index (χ4v) is 3.33. The van der Waals surface area contributed by atoms with Gasteiger partial charge in [0.1, 0.15) is 0 Å². The molecule has 0 spiro atoms. The van der Waals surface area contributed by atoms with Gasteiger partial charge in [-0.1, -0.05) is 0 Å². The second kappa shape index (κ2) is 5.07. The third-order valence-corrected chi connectivity index (χ3v) is 5.29. The lowest BCUT2D eigenvalue weighted by Gasteiger charge is -2.47. The minimum atomic E-state index is -3.57. The molecule has 1 saturated carbocycles. The van der Waals surface area contributed by atoms with E-state index in [-0.39, 0.29) is 16.0 Å². The number of aromatic amines is 1. The Kier molecular flexibility index (Phi) is 3.80. The van der Waals surface area contributed by atoms with Crippen LogP contribution in [0.4, 0.5) is 0 Å². The monoisotopic (exact) mass is 285 g/mol. The summed E-state index contributed by atoms with van der Waals surface area (Å²) >= 11 is 0. The lowest BCUT2D eigenvalue weighted by atomic mass is 9.76. The highest BCUT2D eigenvalue weighted by atomic mass is 32.2. The second-order valence-corrected chi connectivity index (χ2v) is 6.95. The zero-order chi connectivity index (χ0) is 14.1. The average Bonchev–Trinajstić information content (AvgIpc) is 2.27. The summed E-state index contributed by atoms with van der Waals surface area (Å²) in [5.41, 5.74) is -0.391. The number of likely N-dealkylation sites (N-methyl/N-ethyl adjacent to an activating group) is 1. The summed E-state index contributed by atoms with van der Waals surface area (Å²) in [5.74, 6) is 0. The SMILES string of the molecule is CN(C)C1(CNS(=O)(=O)c2ccc(=O)[nH]c2)CCC1. The van der Waals surface area contributed by atoms with Crippen LogP contribution < -0.4 is 10.3 Å². The molecular formula is C12H19N3O3S. The van der Waals surface area contributed by atoms with Crippen molar-refractivity contribution >= 4 is 10.0 Å². The highest BCUT2D eigenvalue weighted by molar-refractivity contribution is 7.89. The van der Waals surface area contributed by atoms with E-state index in [0.29, 0.717) is 6.54 Å². The van der Waals surface area contributed by atoms with Gasteiger partial charge in [0, 0.05) is 24.3 Å². The first-order chi connectivity index (χ1) is 8.86. The van der Waals surface area contributed by atoms with E-state index in [4.69, 9.17) is 0 Å². The Labute approximate surface area is 112 Å². The predicted molar refractivity (Wildman–Crippen MR) is 72.5 cm³/mol. The molecule has 2 N–H and O–H groups in total. The fourth-order valence-electron chi connectivity index (χ4n) is 2.24. The van der Waals surface area contributed by atoms with Crippen molar-refractivity contribution in [2.45, 2.75) is 29.7 Å². The van der Waals surface area contributed by atoms with Crippen molar-refractivity contribution in [1.29, 1.82) is 0 Å². The number of sulfonamides is 1. The number of pyridine rings is 1. The van der Waals surface area contributed by atoms with E-state index in [2.05, 4.69) is 14.6 Å². The van der Waals surface area contributed by atoms with E-state index in [1.54, 1.807) is 0 Å². The molecular weight excluding hydrogens is 266 g/mol. The maximum Gasteiger partial charge on any atom is 0.247 e. The summed E-state index contributed by atoms with van der Waals surface area (Å²) < 4.78 is 26.8. The Bertz CT molecular complexity index is 582. The summed E-state index contributed by atoms with van der Waals surface area (Å²) in [6, 6.07) is 2.52. The van der Waals surface area contributed by atoms with E-state index in [1.807, 2.05) is 14.1 Å². The molecule has 19 heavy (non-hydrogen) atoms. The van der Waals surface area contributed by atoms with Crippen LogP contribution in [0.3, 0.4) is 0 Å². The van der Waals surface area contributed by atoms with Crippen molar-refractivity contribution in [2.24, 2.45) is 0 Å². The molecule has 0 atom stereocenters. The number of nitrogens with one attached hydrogen (secondary N) is 2. The van der Waals surface area contributed by atoms with Gasteiger partial charge in [-0.15, -0.1) is 0 Å². The van der Waals surface area contributed by atoms with Crippen LogP contribution in [0.1, 0.15) is 19.3 Å². The lowest BCUT2D eigenvalue weighted by Crippen LogP contribution is -2.57. The number of hydrogen-bond donors (Lipinski definition) is 2. The summed E-state index contributed by atoms with van der Waals surface area (Å²) in [6.45, 7) is 0.390. The van der Waals surface area contributed by atoms with Gasteiger partial charge < -0.3 is 9.88 Å². The minimum absolute atomic E-state index is 0.0741. The predicted octanol–water partition coefficient (Wildman–Crippen LogP) is 0.137. The third-order valence-electron chi connectivity index (χ3n) is 3.89. The molecule has 0 bridgehead atoms. The fraction of sp³-hybridized carbons (Fsp3) is 0.583. The number of H-pyrrole nitrogens is 1. The van der Waals surface area contributed by atoms with Crippen molar-refractivity contribution in [3.63, 3.8) is 0 Å². The molecule has 0 saturated heterocycles. The summed E-state index contributed by atoms with van der Waals surface area (Å²) in [5, 5.41) is 0. The van der Waals surface area contributed by atoms with Crippen molar-refractivity contribution in [1.82, 2.24) is 14.6 Å². The molecule has 0 aromatic carbocycles. The largest absolute Gasteiger partial charge is 0.328 e. The Morgan fingerprint density at radius 1 is 1.37 bits per heavy atom. The highest BCUT2D eigenvalue weighted by Gasteiger charge is 2.39. The molecule has 1 fully saturated rings. The molecule has 106 valence electrons. The van der Waals surface area contributed by atoms with E-state index in [1.165, 1.54) is 18.3 Å². The molecule has 1 heterocycles. The quantitative estimate of drug-likeness (QED) is 0.806. The van der Waals surface area contributed by atoms with Gasteiger partial charge in [-0.05, 0) is 39.4 Å². The van der Waals surface area contributed by atoms with Gasteiger partial charge in [-0.2, -0.15) is 0 Å². The van der Waals surface area contributed by atoms with Gasteiger partial charge in [0.05, 0.1) is 4.90 Å². The van der Waals surface area contributed by atoms with E-state index in [0.717, 1.165) is 19.3 Å². The number of aromatic nitrogens is 1. The van der Waals surface area contributed by atoms with Gasteiger partial charge in [-0.3, -0.25) is 4.79 Å². The summed E-state index contributed by atoms with van der Waals surface area (Å²) in [6.07, 6.45) is 4.33. The smallest absolute Gasteiger partial charge is 0.247 e. The van der Waals surface area contributed by atoms with E-state index >= 15 is 0 Å². The number of rotatable bonds is 5. The molecule has 1 aromatic heterocycles. The van der Waals surface area contributed by atoms with Crippen molar-refractivity contribution in [3.8, 4) is 0 Å². The van der Waals surface area contributed by atoms with Crippen LogP contribution in [-0.2, 0) is 10.0 Å². The van der Waals surface area contributed by atoms with Gasteiger partial charge in [0.2, 0.25) is 15.6 Å². The first-order valence-electron chi connectivity index (χ1n) is 6.22. The van der Waals surface area contributed by atoms with Gasteiger partial charge in [0.25, 0.3) is 0 Å². The van der Waals surface area contributed by atoms with Gasteiger partial charge in [0.15, 0.2) is 0 Å². The number of hydrogen-bond acceptors (Lipinski definition) is 4. The van der Waals surface area contributed by atoms with Crippen molar-refractivity contribution < 1.29 is 8.42 Å². The van der Waals surface area contributed by atoms with Gasteiger partial charge >= 0.3 is 0 Å². The lowest BCUT2D eigenvalue weighted by molar-refractivity contribution is 0.0657. The van der Waals surface area contributed by atoms with Crippen LogP contribution in [-0.4, -0.2) is 44.5 Å². The highest BCUT2D eigenvalue weighted by Crippen LogP contribution is 2.35. The molecule has 1 aromatic rings. The molecule has 6 nitrogen and oxygen atoms in total. The Hall–Kier alpha value is -1.18. The first-order valence-corrected chi connectivity index (χ1v) is 7.70. The first kappa shape index (κ1) is 14.2. The summed E-state index contributed by atoms with van der Waals surface area (Å²) in [4.78, 5) is 15.5. The minimum Gasteiger partial charge on any atom is -0.328 e. The zero-order valence-corrected chi connectivity index (χ0v) is 12.0. The van der Waals surface area contributed by atoms with E-state index in [9.17, 15) is 13.2 Å². The topological polar surface area (TPSA) is 82.3 Å². The molecule has 2 rings (SSSR count). The van der Waals surface area contributed by atoms with Crippen LogP contribution in [0, 0.1) is 0 Å². The second-order valence-electron chi connectivity index (χ2n) is 5.19. The Balaban J connectivity index is 2.10. The normalized spacial score (nSPS) is 18.3. The van der Waals surface area contributed by atoms with Crippen LogP contribution in [0.15, 0.2) is 28.0 Å². The molecule has 1 aliphatic rings. The standard InChI is InChI=1S/C12H19N3O3S/c1-15(2)12(6-3-7-12)9-14-19(17,18)10-4-5-11(16)13-8-10/h4-5,8,14H,3,6-7,9H2,1-2H3,(H,13,16). The molecule has 0 unspecified atom stereocenters. The molecule has 1 aliphatic carbocycles. The van der Waals surface area contributed by atoms with Crippen molar-refractivity contribution in [2.75, 3.05) is 20.6 Å². The Morgan fingerprint density at radius 2 is 2.05 bits per heavy atom. The van der Waals surface area contributed by atoms with Crippen LogP contribution in [0.25, 0.3) is 0 Å². The molecule has 7 heteroatoms. The van der Waals surface area contributed by atoms with Crippen LogP contribution in [0.2, 0.25) is 0 Å². The average molecular weight is 285 g/mol. The molecule has 0 amide bonds. The van der Waals surface area contributed by atoms with E-state index < -0.39 is 10.0 Å².